The van der Waals surface area contributed by atoms with E-state index in [0.717, 1.165) is 74.6 Å². The molecule has 1 aromatic heterocycles. The number of amides is 1. The van der Waals surface area contributed by atoms with Gasteiger partial charge < -0.3 is 15.0 Å². The van der Waals surface area contributed by atoms with E-state index in [1.165, 1.54) is 4.21 Å². The average molecular weight is 455 g/mol. The Morgan fingerprint density at radius 2 is 2.14 bits per heavy atom. The van der Waals surface area contributed by atoms with Crippen molar-refractivity contribution < 1.29 is 9.53 Å². The number of hydrogen-bond donors (Lipinski definition) is 1. The van der Waals surface area contributed by atoms with E-state index in [1.54, 1.807) is 23.1 Å². The Morgan fingerprint density at radius 3 is 2.69 bits per heavy atom. The average Bonchev–Trinajstić information content (AvgIpc) is 3.27. The lowest BCUT2D eigenvalue weighted by atomic mass is 10.1. The van der Waals surface area contributed by atoms with Gasteiger partial charge in [0.15, 0.2) is 0 Å². The fraction of sp³-hybridized carbons (Fsp3) is 0.500. The zero-order valence-corrected chi connectivity index (χ0v) is 19.6. The number of benzene rings is 1. The molecule has 0 radical (unpaired) electrons. The molecule has 1 aliphatic heterocycles. The molecule has 0 bridgehead atoms. The highest BCUT2D eigenvalue weighted by Crippen LogP contribution is 2.25. The van der Waals surface area contributed by atoms with Crippen LogP contribution in [0.1, 0.15) is 31.7 Å². The molecular formula is C22H31ClN2O2S2. The summed E-state index contributed by atoms with van der Waals surface area (Å²) in [6.07, 6.45) is 7.13. The number of nitrogens with zero attached hydrogens (tertiary/aromatic N) is 1. The van der Waals surface area contributed by atoms with Crippen molar-refractivity contribution in [2.24, 2.45) is 0 Å². The molecule has 0 atom stereocenters. The molecule has 29 heavy (non-hydrogen) atoms. The summed E-state index contributed by atoms with van der Waals surface area (Å²) in [4.78, 5) is 12.6. The van der Waals surface area contributed by atoms with Crippen LogP contribution >= 0.6 is 34.7 Å². The van der Waals surface area contributed by atoms with Gasteiger partial charge in [-0.15, -0.1) is 23.1 Å². The normalized spacial score (nSPS) is 14.7. The molecular weight excluding hydrogens is 424 g/mol. The van der Waals surface area contributed by atoms with Crippen molar-refractivity contribution in [2.45, 2.75) is 42.9 Å². The van der Waals surface area contributed by atoms with Gasteiger partial charge in [0.05, 0.1) is 4.21 Å². The van der Waals surface area contributed by atoms with Crippen LogP contribution in [0.15, 0.2) is 39.9 Å². The van der Waals surface area contributed by atoms with Gasteiger partial charge in [-0.25, -0.2) is 0 Å². The zero-order chi connectivity index (χ0) is 20.9. The SMILES string of the molecule is CCc1ccc(OC2CCN(CCCNC=O)CC2)cc1Cl.CSc1cccs1. The highest BCUT2D eigenvalue weighted by Gasteiger charge is 2.20. The molecule has 0 spiro atoms. The first-order valence-corrected chi connectivity index (χ1v) is 12.6. The van der Waals surface area contributed by atoms with Gasteiger partial charge in [0.1, 0.15) is 11.9 Å². The number of piperidine rings is 1. The second-order valence-electron chi connectivity index (χ2n) is 6.83. The quantitative estimate of drug-likeness (QED) is 0.315. The molecule has 0 unspecified atom stereocenters. The molecule has 7 heteroatoms. The molecule has 160 valence electrons. The Balaban J connectivity index is 0.000000360. The second-order valence-corrected chi connectivity index (χ2v) is 9.29. The lowest BCUT2D eigenvalue weighted by Crippen LogP contribution is -2.39. The fourth-order valence-corrected chi connectivity index (χ4v) is 4.69. The van der Waals surface area contributed by atoms with Gasteiger partial charge in [0.2, 0.25) is 6.41 Å². The van der Waals surface area contributed by atoms with Gasteiger partial charge in [-0.2, -0.15) is 0 Å². The monoisotopic (exact) mass is 454 g/mol. The van der Waals surface area contributed by atoms with Gasteiger partial charge in [-0.05, 0) is 67.6 Å². The minimum atomic E-state index is 0.271. The third-order valence-electron chi connectivity index (χ3n) is 4.82. The van der Waals surface area contributed by atoms with E-state index in [4.69, 9.17) is 16.3 Å². The number of thiophene rings is 1. The molecule has 1 aromatic carbocycles. The number of aryl methyl sites for hydroxylation is 1. The number of hydrogen-bond acceptors (Lipinski definition) is 5. The van der Waals surface area contributed by atoms with Gasteiger partial charge in [0, 0.05) is 24.7 Å². The summed E-state index contributed by atoms with van der Waals surface area (Å²) < 4.78 is 7.45. The van der Waals surface area contributed by atoms with E-state index < -0.39 is 0 Å². The van der Waals surface area contributed by atoms with E-state index in [-0.39, 0.29) is 6.10 Å². The highest BCUT2D eigenvalue weighted by molar-refractivity contribution is 8.00. The number of thioether (sulfide) groups is 1. The van der Waals surface area contributed by atoms with Crippen LogP contribution in [0.25, 0.3) is 0 Å². The second kappa shape index (κ2) is 13.9. The Morgan fingerprint density at radius 1 is 1.34 bits per heavy atom. The molecule has 1 fully saturated rings. The van der Waals surface area contributed by atoms with E-state index in [0.29, 0.717) is 0 Å². The van der Waals surface area contributed by atoms with Gasteiger partial charge in [-0.1, -0.05) is 30.7 Å². The summed E-state index contributed by atoms with van der Waals surface area (Å²) >= 11 is 9.81. The summed E-state index contributed by atoms with van der Waals surface area (Å²) in [5, 5.41) is 5.58. The topological polar surface area (TPSA) is 41.6 Å². The third-order valence-corrected chi connectivity index (χ3v) is 7.16. The standard InChI is InChI=1S/C17H25ClN2O2.C5H6S2/c1-2-14-4-5-16(12-17(14)18)22-15-6-10-20(11-7-15)9-3-8-19-13-21;1-6-5-3-2-4-7-5/h4-5,12-13,15H,2-3,6-11H2,1H3,(H,19,21);2-4H,1H3. The van der Waals surface area contributed by atoms with E-state index >= 15 is 0 Å². The Hall–Kier alpha value is -1.21. The van der Waals surface area contributed by atoms with Crippen molar-refractivity contribution in [3.05, 3.63) is 46.3 Å². The van der Waals surface area contributed by atoms with Crippen LogP contribution in [0.5, 0.6) is 5.75 Å². The molecule has 1 N–H and O–H groups in total. The van der Waals surface area contributed by atoms with Crippen molar-refractivity contribution in [2.75, 3.05) is 32.4 Å². The molecule has 1 saturated heterocycles. The maximum Gasteiger partial charge on any atom is 0.207 e. The predicted molar refractivity (Wildman–Crippen MR) is 126 cm³/mol. The van der Waals surface area contributed by atoms with Crippen molar-refractivity contribution in [3.8, 4) is 5.75 Å². The largest absolute Gasteiger partial charge is 0.490 e. The van der Waals surface area contributed by atoms with Crippen LogP contribution in [-0.2, 0) is 11.2 Å². The van der Waals surface area contributed by atoms with E-state index in [1.807, 2.05) is 18.2 Å². The fourth-order valence-electron chi connectivity index (χ4n) is 3.17. The van der Waals surface area contributed by atoms with Crippen LogP contribution in [0.3, 0.4) is 0 Å². The summed E-state index contributed by atoms with van der Waals surface area (Å²) in [5.74, 6) is 0.871. The first kappa shape index (κ1) is 24.1. The first-order valence-electron chi connectivity index (χ1n) is 10.1. The molecule has 0 saturated carbocycles. The summed E-state index contributed by atoms with van der Waals surface area (Å²) in [6, 6.07) is 10.2. The van der Waals surface area contributed by atoms with Gasteiger partial charge >= 0.3 is 0 Å². The molecule has 1 aliphatic rings. The van der Waals surface area contributed by atoms with E-state index in [9.17, 15) is 4.79 Å². The minimum Gasteiger partial charge on any atom is -0.490 e. The number of likely N-dealkylation sites (tertiary alicyclic amines) is 1. The summed E-state index contributed by atoms with van der Waals surface area (Å²) in [6.45, 7) is 5.98. The summed E-state index contributed by atoms with van der Waals surface area (Å²) in [7, 11) is 0. The molecule has 0 aliphatic carbocycles. The number of carbonyl (C=O) groups excluding carboxylic acids is 1. The minimum absolute atomic E-state index is 0.271. The number of carbonyl (C=O) groups is 1. The zero-order valence-electron chi connectivity index (χ0n) is 17.2. The molecule has 2 aromatic rings. The van der Waals surface area contributed by atoms with E-state index in [2.05, 4.69) is 40.9 Å². The Kier molecular flexibility index (Phi) is 11.5. The van der Waals surface area contributed by atoms with Crippen LogP contribution in [0, 0.1) is 0 Å². The van der Waals surface area contributed by atoms with Gasteiger partial charge in [0.25, 0.3) is 0 Å². The number of rotatable bonds is 9. The van der Waals surface area contributed by atoms with Crippen LogP contribution in [0.2, 0.25) is 5.02 Å². The molecule has 4 nitrogen and oxygen atoms in total. The van der Waals surface area contributed by atoms with Crippen molar-refractivity contribution in [3.63, 3.8) is 0 Å². The lowest BCUT2D eigenvalue weighted by Gasteiger charge is -2.32. The van der Waals surface area contributed by atoms with Crippen LogP contribution < -0.4 is 10.1 Å². The Bertz CT molecular complexity index is 705. The number of nitrogens with one attached hydrogen (secondary N) is 1. The van der Waals surface area contributed by atoms with Gasteiger partial charge in [-0.3, -0.25) is 4.79 Å². The molecule has 2 heterocycles. The third kappa shape index (κ3) is 8.99. The van der Waals surface area contributed by atoms with Crippen LogP contribution in [0.4, 0.5) is 0 Å². The first-order chi connectivity index (χ1) is 14.2. The Labute approximate surface area is 188 Å². The predicted octanol–water partition coefficient (Wildman–Crippen LogP) is 5.35. The lowest BCUT2D eigenvalue weighted by molar-refractivity contribution is -0.109. The van der Waals surface area contributed by atoms with Crippen molar-refractivity contribution in [1.29, 1.82) is 0 Å². The van der Waals surface area contributed by atoms with Crippen molar-refractivity contribution >= 4 is 41.1 Å². The number of ether oxygens (including phenoxy) is 1. The highest BCUT2D eigenvalue weighted by atomic mass is 35.5. The van der Waals surface area contributed by atoms with Crippen molar-refractivity contribution in [1.82, 2.24) is 10.2 Å². The number of halogens is 1. The molecule has 1 amide bonds. The van der Waals surface area contributed by atoms with Crippen LogP contribution in [-0.4, -0.2) is 49.8 Å². The maximum atomic E-state index is 10.2. The smallest absolute Gasteiger partial charge is 0.207 e. The maximum absolute atomic E-state index is 10.2. The molecule has 3 rings (SSSR count). The summed E-state index contributed by atoms with van der Waals surface area (Å²) in [5.41, 5.74) is 1.16.